The molecule has 138 valence electrons. The molecule has 27 heavy (non-hydrogen) atoms. The predicted octanol–water partition coefficient (Wildman–Crippen LogP) is 3.26. The summed E-state index contributed by atoms with van der Waals surface area (Å²) in [5, 5.41) is 10.6. The Balaban J connectivity index is 1.54. The number of para-hydroxylation sites is 3. The molecule has 0 saturated carbocycles. The molecule has 0 atom stereocenters. The minimum Gasteiger partial charge on any atom is -0.495 e. The molecule has 0 radical (unpaired) electrons. The fraction of sp³-hybridized carbons (Fsp3) is 0.105. The summed E-state index contributed by atoms with van der Waals surface area (Å²) in [4.78, 5) is 28.3. The zero-order chi connectivity index (χ0) is 19.1. The number of aromatic nitrogens is 1. The molecule has 0 saturated heterocycles. The van der Waals surface area contributed by atoms with Crippen LogP contribution in [0.25, 0.3) is 0 Å². The van der Waals surface area contributed by atoms with Gasteiger partial charge in [-0.05, 0) is 24.3 Å². The number of hydrogen-bond acceptors (Lipinski definition) is 6. The number of methoxy groups -OCH3 is 1. The van der Waals surface area contributed by atoms with Crippen LogP contribution in [-0.4, -0.2) is 30.5 Å². The Labute approximate surface area is 160 Å². The molecule has 2 aromatic carbocycles. The number of amides is 2. The van der Waals surface area contributed by atoms with E-state index in [9.17, 15) is 9.59 Å². The average Bonchev–Trinajstić information content (AvgIpc) is 3.16. The van der Waals surface area contributed by atoms with Gasteiger partial charge < -0.3 is 20.7 Å². The van der Waals surface area contributed by atoms with E-state index in [4.69, 9.17) is 4.74 Å². The number of ether oxygens (including phenoxy) is 1. The van der Waals surface area contributed by atoms with Gasteiger partial charge in [-0.2, -0.15) is 0 Å². The molecular weight excluding hydrogens is 364 g/mol. The molecule has 0 aliphatic heterocycles. The molecule has 0 unspecified atom stereocenters. The summed E-state index contributed by atoms with van der Waals surface area (Å²) in [5.41, 5.74) is 1.67. The molecule has 7 nitrogen and oxygen atoms in total. The smallest absolute Gasteiger partial charge is 0.271 e. The molecule has 8 heteroatoms. The lowest BCUT2D eigenvalue weighted by molar-refractivity contribution is -0.115. The molecular formula is C19H18N4O3S. The minimum absolute atomic E-state index is 0.138. The zero-order valence-corrected chi connectivity index (χ0v) is 15.4. The minimum atomic E-state index is -0.414. The summed E-state index contributed by atoms with van der Waals surface area (Å²) >= 11 is 1.29. The second-order valence-corrected chi connectivity index (χ2v) is 6.32. The van der Waals surface area contributed by atoms with Crippen LogP contribution in [0.1, 0.15) is 10.5 Å². The van der Waals surface area contributed by atoms with Crippen molar-refractivity contribution in [2.45, 2.75) is 0 Å². The standard InChI is InChI=1S/C19H18N4O3S/c1-26-16-10-6-5-9-14(16)22-19-23-15(12-27-19)18(25)20-11-17(24)21-13-7-3-2-4-8-13/h2-10,12H,11H2,1H3,(H,20,25)(H,21,24)(H,22,23). The van der Waals surface area contributed by atoms with Crippen molar-refractivity contribution in [1.29, 1.82) is 0 Å². The molecule has 0 bridgehead atoms. The van der Waals surface area contributed by atoms with E-state index in [0.29, 0.717) is 16.6 Å². The van der Waals surface area contributed by atoms with E-state index in [1.54, 1.807) is 24.6 Å². The van der Waals surface area contributed by atoms with Crippen molar-refractivity contribution >= 4 is 39.7 Å². The maximum atomic E-state index is 12.2. The number of thiazole rings is 1. The number of nitrogens with zero attached hydrogens (tertiary/aromatic N) is 1. The second kappa shape index (κ2) is 8.81. The number of benzene rings is 2. The quantitative estimate of drug-likeness (QED) is 0.583. The fourth-order valence-electron chi connectivity index (χ4n) is 2.28. The van der Waals surface area contributed by atoms with Crippen LogP contribution in [0.15, 0.2) is 60.0 Å². The maximum Gasteiger partial charge on any atom is 0.271 e. The van der Waals surface area contributed by atoms with E-state index in [1.807, 2.05) is 42.5 Å². The molecule has 3 aromatic rings. The summed E-state index contributed by atoms with van der Waals surface area (Å²) in [5.74, 6) is -0.0454. The molecule has 3 N–H and O–H groups in total. The first-order valence-electron chi connectivity index (χ1n) is 8.14. The molecule has 1 aromatic heterocycles. The first-order chi connectivity index (χ1) is 13.2. The van der Waals surface area contributed by atoms with Gasteiger partial charge in [-0.1, -0.05) is 30.3 Å². The van der Waals surface area contributed by atoms with Crippen molar-refractivity contribution in [1.82, 2.24) is 10.3 Å². The molecule has 3 rings (SSSR count). The van der Waals surface area contributed by atoms with Gasteiger partial charge in [-0.15, -0.1) is 11.3 Å². The Hall–Kier alpha value is -3.39. The van der Waals surface area contributed by atoms with Crippen molar-refractivity contribution in [2.75, 3.05) is 24.3 Å². The molecule has 0 aliphatic rings. The van der Waals surface area contributed by atoms with E-state index in [-0.39, 0.29) is 18.1 Å². The summed E-state index contributed by atoms with van der Waals surface area (Å²) in [6, 6.07) is 16.5. The highest BCUT2D eigenvalue weighted by Crippen LogP contribution is 2.28. The lowest BCUT2D eigenvalue weighted by atomic mass is 10.3. The third-order valence-electron chi connectivity index (χ3n) is 3.55. The van der Waals surface area contributed by atoms with Crippen molar-refractivity contribution < 1.29 is 14.3 Å². The zero-order valence-electron chi connectivity index (χ0n) is 14.6. The van der Waals surface area contributed by atoms with Gasteiger partial charge in [-0.25, -0.2) is 4.98 Å². The summed E-state index contributed by atoms with van der Waals surface area (Å²) in [6.45, 7) is -0.138. The summed E-state index contributed by atoms with van der Waals surface area (Å²) in [6.07, 6.45) is 0. The first kappa shape index (κ1) is 18.4. The van der Waals surface area contributed by atoms with E-state index in [2.05, 4.69) is 20.9 Å². The SMILES string of the molecule is COc1ccccc1Nc1nc(C(=O)NCC(=O)Nc2ccccc2)cs1. The van der Waals surface area contributed by atoms with Crippen LogP contribution < -0.4 is 20.7 Å². The Bertz CT molecular complexity index is 927. The van der Waals surface area contributed by atoms with Crippen LogP contribution in [0.3, 0.4) is 0 Å². The van der Waals surface area contributed by atoms with Crippen LogP contribution in [0.4, 0.5) is 16.5 Å². The third kappa shape index (κ3) is 5.05. The van der Waals surface area contributed by atoms with Crippen LogP contribution in [0.2, 0.25) is 0 Å². The number of nitrogens with one attached hydrogen (secondary N) is 3. The van der Waals surface area contributed by atoms with Crippen molar-refractivity contribution in [2.24, 2.45) is 0 Å². The van der Waals surface area contributed by atoms with Gasteiger partial charge in [0.05, 0.1) is 19.3 Å². The number of anilines is 3. The number of carbonyl (C=O) groups excluding carboxylic acids is 2. The summed E-state index contributed by atoms with van der Waals surface area (Å²) in [7, 11) is 1.59. The van der Waals surface area contributed by atoms with Gasteiger partial charge in [0, 0.05) is 11.1 Å². The molecule has 1 heterocycles. The Morgan fingerprint density at radius 3 is 2.59 bits per heavy atom. The van der Waals surface area contributed by atoms with Crippen molar-refractivity contribution in [3.05, 3.63) is 65.7 Å². The second-order valence-electron chi connectivity index (χ2n) is 5.46. The lowest BCUT2D eigenvalue weighted by Crippen LogP contribution is -2.33. The Morgan fingerprint density at radius 2 is 1.81 bits per heavy atom. The van der Waals surface area contributed by atoms with E-state index < -0.39 is 5.91 Å². The Kier molecular flexibility index (Phi) is 6.01. The number of carbonyl (C=O) groups is 2. The number of hydrogen-bond donors (Lipinski definition) is 3. The van der Waals surface area contributed by atoms with Crippen LogP contribution in [0, 0.1) is 0 Å². The fourth-order valence-corrected chi connectivity index (χ4v) is 2.98. The van der Waals surface area contributed by atoms with Gasteiger partial charge in [-0.3, -0.25) is 9.59 Å². The average molecular weight is 382 g/mol. The van der Waals surface area contributed by atoms with Gasteiger partial charge in [0.1, 0.15) is 11.4 Å². The van der Waals surface area contributed by atoms with Gasteiger partial charge >= 0.3 is 0 Å². The van der Waals surface area contributed by atoms with Crippen LogP contribution in [-0.2, 0) is 4.79 Å². The van der Waals surface area contributed by atoms with E-state index in [1.165, 1.54) is 11.3 Å². The van der Waals surface area contributed by atoms with Gasteiger partial charge in [0.25, 0.3) is 5.91 Å². The first-order valence-corrected chi connectivity index (χ1v) is 9.02. The lowest BCUT2D eigenvalue weighted by Gasteiger charge is -2.08. The van der Waals surface area contributed by atoms with Crippen LogP contribution in [0.5, 0.6) is 5.75 Å². The van der Waals surface area contributed by atoms with Crippen molar-refractivity contribution in [3.8, 4) is 5.75 Å². The van der Waals surface area contributed by atoms with Crippen LogP contribution >= 0.6 is 11.3 Å². The third-order valence-corrected chi connectivity index (χ3v) is 4.31. The van der Waals surface area contributed by atoms with E-state index in [0.717, 1.165) is 5.69 Å². The molecule has 0 fully saturated rings. The largest absolute Gasteiger partial charge is 0.495 e. The number of rotatable bonds is 7. The van der Waals surface area contributed by atoms with E-state index >= 15 is 0 Å². The van der Waals surface area contributed by atoms with Crippen molar-refractivity contribution in [3.63, 3.8) is 0 Å². The topological polar surface area (TPSA) is 92.3 Å². The highest BCUT2D eigenvalue weighted by atomic mass is 32.1. The maximum absolute atomic E-state index is 12.2. The highest BCUT2D eigenvalue weighted by molar-refractivity contribution is 7.14. The predicted molar refractivity (Wildman–Crippen MR) is 106 cm³/mol. The normalized spacial score (nSPS) is 10.1. The highest BCUT2D eigenvalue weighted by Gasteiger charge is 2.13. The molecule has 0 aliphatic carbocycles. The summed E-state index contributed by atoms with van der Waals surface area (Å²) < 4.78 is 5.28. The van der Waals surface area contributed by atoms with Gasteiger partial charge in [0.2, 0.25) is 5.91 Å². The Morgan fingerprint density at radius 1 is 1.07 bits per heavy atom. The molecule has 0 spiro atoms. The molecule has 2 amide bonds. The van der Waals surface area contributed by atoms with Gasteiger partial charge in [0.15, 0.2) is 5.13 Å². The monoisotopic (exact) mass is 382 g/mol.